The molecule has 13 nitrogen and oxygen atoms in total. The van der Waals surface area contributed by atoms with Crippen molar-refractivity contribution in [3.8, 4) is 17.5 Å². The lowest BCUT2D eigenvalue weighted by Crippen LogP contribution is -2.00. The first-order chi connectivity index (χ1) is 16.6. The minimum absolute atomic E-state index is 0.00566. The second-order valence-electron chi connectivity index (χ2n) is 6.20. The van der Waals surface area contributed by atoms with Gasteiger partial charge in [0.05, 0.1) is 30.8 Å². The molecule has 3 aromatic rings. The zero-order valence-corrected chi connectivity index (χ0v) is 18.6. The number of nitriles is 1. The molecule has 182 valence electrons. The van der Waals surface area contributed by atoms with Crippen LogP contribution in [0.1, 0.15) is 23.6 Å². The van der Waals surface area contributed by atoms with Crippen LogP contribution in [-0.2, 0) is 27.2 Å². The largest absolute Gasteiger partial charge is 0.481 e. The molecular weight excluding hydrogens is 458 g/mol. The van der Waals surface area contributed by atoms with Gasteiger partial charge in [-0.1, -0.05) is 36.4 Å². The minimum atomic E-state index is -0.861. The minimum Gasteiger partial charge on any atom is -0.481 e. The molecule has 13 heteroatoms. The van der Waals surface area contributed by atoms with E-state index in [0.29, 0.717) is 17.0 Å². The summed E-state index contributed by atoms with van der Waals surface area (Å²) in [5.74, 6) is -2.13. The van der Waals surface area contributed by atoms with Crippen LogP contribution in [0.2, 0.25) is 0 Å². The van der Waals surface area contributed by atoms with Gasteiger partial charge in [0.2, 0.25) is 5.82 Å². The third-order valence-corrected chi connectivity index (χ3v) is 3.41. The Morgan fingerprint density at radius 1 is 0.914 bits per heavy atom. The number of carboxylic acid groups (broad SMARTS) is 3. The molecule has 0 aliphatic carbocycles. The van der Waals surface area contributed by atoms with E-state index < -0.39 is 17.9 Å². The predicted octanol–water partition coefficient (Wildman–Crippen LogP) is 1.39. The summed E-state index contributed by atoms with van der Waals surface area (Å²) >= 11 is 0. The molecule has 0 aliphatic heterocycles. The number of carboxylic acids is 3. The molecule has 0 amide bonds. The van der Waals surface area contributed by atoms with Crippen molar-refractivity contribution in [2.45, 2.75) is 19.8 Å². The number of aromatic nitrogens is 4. The highest BCUT2D eigenvalue weighted by Gasteiger charge is 2.03. The number of nitrogens with two attached hydrogens (primary N) is 1. The molecule has 35 heavy (non-hydrogen) atoms. The van der Waals surface area contributed by atoms with E-state index in [9.17, 15) is 9.59 Å². The molecule has 0 fully saturated rings. The van der Waals surface area contributed by atoms with Gasteiger partial charge >= 0.3 is 11.9 Å². The van der Waals surface area contributed by atoms with Gasteiger partial charge in [-0.05, 0) is 23.3 Å². The Morgan fingerprint density at radius 3 is 1.63 bits per heavy atom. The molecule has 3 rings (SSSR count). The van der Waals surface area contributed by atoms with Gasteiger partial charge in [0.15, 0.2) is 6.33 Å². The lowest BCUT2D eigenvalue weighted by Gasteiger charge is -1.99. The third kappa shape index (κ3) is 15.2. The van der Waals surface area contributed by atoms with E-state index in [1.54, 1.807) is 48.5 Å². The van der Waals surface area contributed by atoms with Gasteiger partial charge in [-0.3, -0.25) is 19.8 Å². The van der Waals surface area contributed by atoms with Crippen LogP contribution in [0.4, 0.5) is 0 Å². The van der Waals surface area contributed by atoms with Gasteiger partial charge in [-0.15, -0.1) is 20.4 Å². The molecule has 6 N–H and O–H groups in total. The summed E-state index contributed by atoms with van der Waals surface area (Å²) in [6.07, 6.45) is 2.01. The zero-order chi connectivity index (χ0) is 26.6. The lowest BCUT2D eigenvalue weighted by atomic mass is 10.1. The molecule has 0 saturated carbocycles. The average molecular weight is 481 g/mol. The highest BCUT2D eigenvalue weighted by Crippen LogP contribution is 2.13. The van der Waals surface area contributed by atoms with Crippen LogP contribution in [0.3, 0.4) is 0 Å². The Balaban J connectivity index is 0.000000536. The van der Waals surface area contributed by atoms with E-state index in [4.69, 9.17) is 30.8 Å². The number of aliphatic carboxylic acids is 3. The molecule has 0 spiro atoms. The van der Waals surface area contributed by atoms with Crippen molar-refractivity contribution in [3.05, 3.63) is 71.5 Å². The molecule has 0 aliphatic rings. The number of hydrogen-bond donors (Lipinski definition) is 5. The molecule has 0 atom stereocenters. The zero-order valence-electron chi connectivity index (χ0n) is 18.6. The molecular formula is C22H23N7O6. The first-order valence-electron chi connectivity index (χ1n) is 9.55. The van der Waals surface area contributed by atoms with Gasteiger partial charge < -0.3 is 21.1 Å². The highest BCUT2D eigenvalue weighted by atomic mass is 16.4. The van der Waals surface area contributed by atoms with E-state index in [1.807, 2.05) is 6.07 Å². The van der Waals surface area contributed by atoms with Crippen LogP contribution in [-0.4, -0.2) is 60.0 Å². The quantitative estimate of drug-likeness (QED) is 0.256. The Bertz CT molecular complexity index is 1110. The van der Waals surface area contributed by atoms with E-state index in [0.717, 1.165) is 24.4 Å². The molecule has 2 aromatic carbocycles. The summed E-state index contributed by atoms with van der Waals surface area (Å²) in [5, 5.41) is 53.6. The Morgan fingerprint density at radius 2 is 1.29 bits per heavy atom. The summed E-state index contributed by atoms with van der Waals surface area (Å²) in [4.78, 5) is 29.7. The van der Waals surface area contributed by atoms with E-state index in [-0.39, 0.29) is 12.8 Å². The van der Waals surface area contributed by atoms with Crippen LogP contribution in [0.15, 0.2) is 54.9 Å². The SMILES string of the molecule is CC(=O)O.N#Cc1ccc(CC(=O)O)cc1.N=CN.O=C(O)Cc1ccc(-c2nncnn2)cc1. The number of rotatable bonds is 5. The summed E-state index contributed by atoms with van der Waals surface area (Å²) in [6.45, 7) is 1.08. The molecule has 0 radical (unpaired) electrons. The van der Waals surface area contributed by atoms with E-state index in [2.05, 4.69) is 26.1 Å². The molecule has 0 bridgehead atoms. The summed E-state index contributed by atoms with van der Waals surface area (Å²) < 4.78 is 0. The van der Waals surface area contributed by atoms with Crippen LogP contribution < -0.4 is 5.73 Å². The second-order valence-corrected chi connectivity index (χ2v) is 6.20. The maximum Gasteiger partial charge on any atom is 0.307 e. The number of benzene rings is 2. The highest BCUT2D eigenvalue weighted by molar-refractivity contribution is 5.71. The second kappa shape index (κ2) is 17.3. The van der Waals surface area contributed by atoms with Crippen LogP contribution in [0, 0.1) is 16.7 Å². The molecule has 1 aromatic heterocycles. The standard InChI is InChI=1S/C10H8N4O2.C9H7NO2.C2H4O2.CH4N2/c15-9(16)5-7-1-3-8(4-2-7)10-13-11-6-12-14-10;10-6-8-3-1-7(2-4-8)5-9(11)12;1-2(3)4;2-1-3/h1-4,6H,5H2,(H,15,16);1-4H,5H2,(H,11,12);1H3,(H,3,4);1H,(H3,2,3). The van der Waals surface area contributed by atoms with Crippen LogP contribution in [0.5, 0.6) is 0 Å². The Hall–Kier alpha value is -5.25. The van der Waals surface area contributed by atoms with Gasteiger partial charge in [-0.2, -0.15) is 5.26 Å². The van der Waals surface area contributed by atoms with E-state index >= 15 is 0 Å². The fourth-order valence-electron chi connectivity index (χ4n) is 2.14. The van der Waals surface area contributed by atoms with Gasteiger partial charge in [-0.25, -0.2) is 0 Å². The molecule has 0 saturated heterocycles. The van der Waals surface area contributed by atoms with Crippen LogP contribution >= 0.6 is 0 Å². The molecule has 0 unspecified atom stereocenters. The maximum atomic E-state index is 10.5. The summed E-state index contributed by atoms with van der Waals surface area (Å²) in [5.41, 5.74) is 7.13. The lowest BCUT2D eigenvalue weighted by molar-refractivity contribution is -0.137. The van der Waals surface area contributed by atoms with Crippen molar-refractivity contribution >= 4 is 24.2 Å². The fraction of sp³-hybridized carbons (Fsp3) is 0.136. The Labute approximate surface area is 200 Å². The van der Waals surface area contributed by atoms with Crippen molar-refractivity contribution < 1.29 is 29.7 Å². The first kappa shape index (κ1) is 29.8. The van der Waals surface area contributed by atoms with Gasteiger partial charge in [0, 0.05) is 12.5 Å². The van der Waals surface area contributed by atoms with Crippen molar-refractivity contribution in [1.82, 2.24) is 20.4 Å². The Kier molecular flexibility index (Phi) is 14.7. The number of nitrogens with zero attached hydrogens (tertiary/aromatic N) is 5. The maximum absolute atomic E-state index is 10.5. The predicted molar refractivity (Wildman–Crippen MR) is 123 cm³/mol. The van der Waals surface area contributed by atoms with Gasteiger partial charge in [0.25, 0.3) is 5.97 Å². The summed E-state index contributed by atoms with van der Waals surface area (Å²) in [7, 11) is 0. The smallest absolute Gasteiger partial charge is 0.307 e. The first-order valence-corrected chi connectivity index (χ1v) is 9.55. The number of carbonyl (C=O) groups is 3. The van der Waals surface area contributed by atoms with Crippen molar-refractivity contribution in [2.75, 3.05) is 0 Å². The normalized spacial score (nSPS) is 8.69. The monoisotopic (exact) mass is 481 g/mol. The van der Waals surface area contributed by atoms with Crippen molar-refractivity contribution in [3.63, 3.8) is 0 Å². The average Bonchev–Trinajstić information content (AvgIpc) is 2.80. The topological polar surface area (TPSA) is 237 Å². The number of nitrogens with one attached hydrogen (secondary N) is 1. The van der Waals surface area contributed by atoms with Crippen LogP contribution in [0.25, 0.3) is 11.4 Å². The van der Waals surface area contributed by atoms with E-state index in [1.165, 1.54) is 6.33 Å². The van der Waals surface area contributed by atoms with Gasteiger partial charge in [0.1, 0.15) is 0 Å². The van der Waals surface area contributed by atoms with Crippen molar-refractivity contribution in [2.24, 2.45) is 5.73 Å². The third-order valence-electron chi connectivity index (χ3n) is 3.41. The number of hydrogen-bond acceptors (Lipinski definition) is 9. The molecule has 1 heterocycles. The van der Waals surface area contributed by atoms with Crippen molar-refractivity contribution in [1.29, 1.82) is 10.7 Å². The fourth-order valence-corrected chi connectivity index (χ4v) is 2.14. The summed E-state index contributed by atoms with van der Waals surface area (Å²) in [6, 6.07) is 15.4.